The van der Waals surface area contributed by atoms with Crippen LogP contribution in [-0.2, 0) is 32.1 Å². The fourth-order valence-electron chi connectivity index (χ4n) is 2.42. The van der Waals surface area contributed by atoms with Gasteiger partial charge in [-0.2, -0.15) is 0 Å². The highest BCUT2D eigenvalue weighted by molar-refractivity contribution is 5.81. The number of carbonyl (C=O) groups is 3. The van der Waals surface area contributed by atoms with Gasteiger partial charge in [0, 0.05) is 7.05 Å². The molecular weight excluding hydrogens is 360 g/mol. The summed E-state index contributed by atoms with van der Waals surface area (Å²) in [6, 6.07) is 6.49. The highest BCUT2D eigenvalue weighted by atomic mass is 16.6. The van der Waals surface area contributed by atoms with Crippen LogP contribution in [0.15, 0.2) is 24.3 Å². The van der Waals surface area contributed by atoms with E-state index in [2.05, 4.69) is 10.6 Å². The quantitative estimate of drug-likeness (QED) is 0.664. The highest BCUT2D eigenvalue weighted by Crippen LogP contribution is 2.12. The molecule has 0 heterocycles. The number of ether oxygens (including phenoxy) is 2. The molecule has 0 saturated heterocycles. The molecule has 0 aromatic heterocycles. The Bertz CT molecular complexity index is 662. The number of benzene rings is 1. The van der Waals surface area contributed by atoms with Crippen molar-refractivity contribution in [3.63, 3.8) is 0 Å². The molecule has 0 spiro atoms. The largest absolute Gasteiger partial charge is 0.459 e. The molecule has 0 fully saturated rings. The molecule has 1 aromatic carbocycles. The Morgan fingerprint density at radius 1 is 1.04 bits per heavy atom. The molecule has 0 unspecified atom stereocenters. The van der Waals surface area contributed by atoms with E-state index >= 15 is 0 Å². The molecule has 0 bridgehead atoms. The molecule has 1 atom stereocenters. The lowest BCUT2D eigenvalue weighted by Gasteiger charge is -2.23. The zero-order chi connectivity index (χ0) is 21.3. The second-order valence-electron chi connectivity index (χ2n) is 8.10. The third-order valence-electron chi connectivity index (χ3n) is 3.73. The van der Waals surface area contributed by atoms with Crippen molar-refractivity contribution in [2.24, 2.45) is 5.92 Å². The van der Waals surface area contributed by atoms with E-state index in [1.54, 1.807) is 27.8 Å². The number of carbonyl (C=O) groups excluding carboxylic acids is 3. The smallest absolute Gasteiger partial charge is 0.408 e. The highest BCUT2D eigenvalue weighted by Gasteiger charge is 2.26. The second-order valence-corrected chi connectivity index (χ2v) is 8.10. The predicted octanol–water partition coefficient (Wildman–Crippen LogP) is 2.96. The van der Waals surface area contributed by atoms with Gasteiger partial charge >= 0.3 is 12.1 Å². The van der Waals surface area contributed by atoms with Crippen LogP contribution in [0.4, 0.5) is 4.79 Å². The lowest BCUT2D eigenvalue weighted by Crippen LogP contribution is -2.44. The topological polar surface area (TPSA) is 93.7 Å². The standard InChI is InChI=1S/C21H32N2O5/c1-14(2)11-17(23-20(26)28-21(3,4)5)19(25)27-13-16-9-7-15(8-10-16)12-18(24)22-6/h7-10,14,17H,11-13H2,1-6H3,(H,22,24)(H,23,26)/t17-/m0/s1. The molecule has 1 aromatic rings. The number of nitrogens with one attached hydrogen (secondary N) is 2. The number of esters is 1. The molecule has 1 rings (SSSR count). The monoisotopic (exact) mass is 392 g/mol. The maximum atomic E-state index is 12.5. The van der Waals surface area contributed by atoms with Crippen LogP contribution in [-0.4, -0.2) is 36.7 Å². The Balaban J connectivity index is 2.64. The Labute approximate surface area is 167 Å². The molecule has 2 amide bonds. The third kappa shape index (κ3) is 9.39. The molecule has 0 saturated carbocycles. The van der Waals surface area contributed by atoms with Gasteiger partial charge in [-0.1, -0.05) is 38.1 Å². The third-order valence-corrected chi connectivity index (χ3v) is 3.73. The summed E-state index contributed by atoms with van der Waals surface area (Å²) >= 11 is 0. The summed E-state index contributed by atoms with van der Waals surface area (Å²) < 4.78 is 10.6. The summed E-state index contributed by atoms with van der Waals surface area (Å²) in [5.41, 5.74) is 1.03. The lowest BCUT2D eigenvalue weighted by atomic mass is 10.0. The van der Waals surface area contributed by atoms with Gasteiger partial charge in [-0.05, 0) is 44.2 Å². The van der Waals surface area contributed by atoms with E-state index in [1.807, 2.05) is 38.1 Å². The van der Waals surface area contributed by atoms with E-state index < -0.39 is 23.7 Å². The van der Waals surface area contributed by atoms with Crippen molar-refractivity contribution in [2.45, 2.75) is 65.7 Å². The van der Waals surface area contributed by atoms with Crippen LogP contribution in [0.2, 0.25) is 0 Å². The normalized spacial score (nSPS) is 12.2. The minimum atomic E-state index is -0.776. The molecule has 7 nitrogen and oxygen atoms in total. The summed E-state index contributed by atoms with van der Waals surface area (Å²) in [4.78, 5) is 35.9. The van der Waals surface area contributed by atoms with Gasteiger partial charge < -0.3 is 20.1 Å². The van der Waals surface area contributed by atoms with Gasteiger partial charge in [0.25, 0.3) is 0 Å². The van der Waals surface area contributed by atoms with Gasteiger partial charge in [0.05, 0.1) is 6.42 Å². The first-order valence-corrected chi connectivity index (χ1v) is 9.44. The summed E-state index contributed by atoms with van der Waals surface area (Å²) in [5.74, 6) is -0.380. The molecule has 0 aliphatic carbocycles. The average Bonchev–Trinajstić information content (AvgIpc) is 2.58. The van der Waals surface area contributed by atoms with Gasteiger partial charge in [-0.3, -0.25) is 4.79 Å². The fourth-order valence-corrected chi connectivity index (χ4v) is 2.42. The zero-order valence-electron chi connectivity index (χ0n) is 17.6. The molecular formula is C21H32N2O5. The Hall–Kier alpha value is -2.57. The molecule has 0 aliphatic heterocycles. The van der Waals surface area contributed by atoms with Crippen LogP contribution in [0.1, 0.15) is 52.2 Å². The maximum absolute atomic E-state index is 12.5. The van der Waals surface area contributed by atoms with Crippen LogP contribution < -0.4 is 10.6 Å². The molecule has 0 aliphatic rings. The number of alkyl carbamates (subject to hydrolysis) is 1. The summed E-state index contributed by atoms with van der Waals surface area (Å²) in [5, 5.41) is 5.17. The van der Waals surface area contributed by atoms with E-state index in [1.165, 1.54) is 0 Å². The first-order valence-electron chi connectivity index (χ1n) is 9.44. The number of likely N-dealkylation sites (N-methyl/N-ethyl adjacent to an activating group) is 1. The molecule has 156 valence electrons. The SMILES string of the molecule is CNC(=O)Cc1ccc(COC(=O)[C@H](CC(C)C)NC(=O)OC(C)(C)C)cc1. The second kappa shape index (κ2) is 10.7. The minimum absolute atomic E-state index is 0.0658. The van der Waals surface area contributed by atoms with Crippen molar-refractivity contribution in [2.75, 3.05) is 7.05 Å². The fraction of sp³-hybridized carbons (Fsp3) is 0.571. The number of amides is 2. The number of hydrogen-bond donors (Lipinski definition) is 2. The van der Waals surface area contributed by atoms with Crippen molar-refractivity contribution >= 4 is 18.0 Å². The number of hydrogen-bond acceptors (Lipinski definition) is 5. The van der Waals surface area contributed by atoms with Gasteiger partial charge in [-0.15, -0.1) is 0 Å². The van der Waals surface area contributed by atoms with E-state index in [4.69, 9.17) is 9.47 Å². The van der Waals surface area contributed by atoms with Crippen molar-refractivity contribution in [1.29, 1.82) is 0 Å². The van der Waals surface area contributed by atoms with E-state index in [-0.39, 0.29) is 18.4 Å². The molecule has 7 heteroatoms. The Morgan fingerprint density at radius 2 is 1.61 bits per heavy atom. The van der Waals surface area contributed by atoms with Crippen molar-refractivity contribution < 1.29 is 23.9 Å². The Kier molecular flexibility index (Phi) is 8.96. The first-order chi connectivity index (χ1) is 13.0. The van der Waals surface area contributed by atoms with Gasteiger partial charge in [-0.25, -0.2) is 9.59 Å². The van der Waals surface area contributed by atoms with Crippen LogP contribution in [0.5, 0.6) is 0 Å². The van der Waals surface area contributed by atoms with Crippen LogP contribution in [0.25, 0.3) is 0 Å². The Morgan fingerprint density at radius 3 is 2.11 bits per heavy atom. The number of rotatable bonds is 8. The summed E-state index contributed by atoms with van der Waals surface area (Å²) in [7, 11) is 1.59. The predicted molar refractivity (Wildman–Crippen MR) is 107 cm³/mol. The van der Waals surface area contributed by atoms with Gasteiger partial charge in [0.1, 0.15) is 18.2 Å². The van der Waals surface area contributed by atoms with E-state index in [0.29, 0.717) is 12.8 Å². The minimum Gasteiger partial charge on any atom is -0.459 e. The van der Waals surface area contributed by atoms with E-state index in [0.717, 1.165) is 11.1 Å². The summed E-state index contributed by atoms with van der Waals surface area (Å²) in [6.07, 6.45) is 0.101. The van der Waals surface area contributed by atoms with Crippen molar-refractivity contribution in [3.05, 3.63) is 35.4 Å². The first kappa shape index (κ1) is 23.5. The van der Waals surface area contributed by atoms with Crippen molar-refractivity contribution in [3.8, 4) is 0 Å². The molecule has 2 N–H and O–H groups in total. The van der Waals surface area contributed by atoms with Crippen LogP contribution >= 0.6 is 0 Å². The van der Waals surface area contributed by atoms with Crippen LogP contribution in [0, 0.1) is 5.92 Å². The van der Waals surface area contributed by atoms with Crippen molar-refractivity contribution in [1.82, 2.24) is 10.6 Å². The molecule has 28 heavy (non-hydrogen) atoms. The molecule has 0 radical (unpaired) electrons. The summed E-state index contributed by atoms with van der Waals surface area (Å²) in [6.45, 7) is 9.29. The van der Waals surface area contributed by atoms with Gasteiger partial charge in [0.15, 0.2) is 0 Å². The van der Waals surface area contributed by atoms with Gasteiger partial charge in [0.2, 0.25) is 5.91 Å². The van der Waals surface area contributed by atoms with E-state index in [9.17, 15) is 14.4 Å². The zero-order valence-corrected chi connectivity index (χ0v) is 17.6. The maximum Gasteiger partial charge on any atom is 0.408 e. The lowest BCUT2D eigenvalue weighted by molar-refractivity contribution is -0.148. The average molecular weight is 392 g/mol. The van der Waals surface area contributed by atoms with Crippen LogP contribution in [0.3, 0.4) is 0 Å².